The van der Waals surface area contributed by atoms with Gasteiger partial charge < -0.3 is 4.74 Å². The number of halogens is 4. The lowest BCUT2D eigenvalue weighted by Crippen LogP contribution is -2.36. The molecule has 1 saturated carbocycles. The van der Waals surface area contributed by atoms with Crippen molar-refractivity contribution in [3.8, 4) is 5.75 Å². The number of rotatable bonds is 4. The summed E-state index contributed by atoms with van der Waals surface area (Å²) >= 11 is 12.0. The van der Waals surface area contributed by atoms with Gasteiger partial charge in [-0.05, 0) is 42.8 Å². The average Bonchev–Trinajstić information content (AvgIpc) is 3.14. The van der Waals surface area contributed by atoms with Crippen molar-refractivity contribution in [1.29, 1.82) is 0 Å². The Balaban J connectivity index is 1.59. The van der Waals surface area contributed by atoms with E-state index in [-0.39, 0.29) is 23.5 Å². The van der Waals surface area contributed by atoms with Crippen LogP contribution in [0, 0.1) is 11.3 Å². The summed E-state index contributed by atoms with van der Waals surface area (Å²) in [6.07, 6.45) is -3.28. The minimum Gasteiger partial charge on any atom is -0.433 e. The summed E-state index contributed by atoms with van der Waals surface area (Å²) in [4.78, 5) is 27.1. The van der Waals surface area contributed by atoms with Gasteiger partial charge in [0.2, 0.25) is 11.8 Å². The van der Waals surface area contributed by atoms with Crippen molar-refractivity contribution in [3.05, 3.63) is 58.1 Å². The number of imide groups is 1. The molecule has 4 rings (SSSR count). The molecular formula is C20H15Cl2F2NO3. The van der Waals surface area contributed by atoms with Gasteiger partial charge in [-0.2, -0.15) is 8.78 Å². The molecule has 28 heavy (non-hydrogen) atoms. The largest absolute Gasteiger partial charge is 0.433 e. The standard InChI is InChI=1S/C20H15Cl2F2NO3/c1-19-15(10-3-5-14(6-4-10)28-20(2,23)24)16(19)17(26)25(18(19)27)13-8-11(21)7-12(22)9-13/h3-9,15-16H,1-2H3/t15-,16-,19-/m1/s1. The van der Waals surface area contributed by atoms with Crippen molar-refractivity contribution in [1.82, 2.24) is 0 Å². The number of fused-ring (bicyclic) bond motifs is 1. The van der Waals surface area contributed by atoms with Gasteiger partial charge in [0, 0.05) is 22.9 Å². The van der Waals surface area contributed by atoms with Crippen LogP contribution in [-0.2, 0) is 9.59 Å². The minimum atomic E-state index is -3.28. The van der Waals surface area contributed by atoms with E-state index in [0.717, 1.165) is 10.5 Å². The maximum absolute atomic E-state index is 13.0. The molecular weight excluding hydrogens is 411 g/mol. The quantitative estimate of drug-likeness (QED) is 0.626. The number of anilines is 1. The number of ether oxygens (including phenoxy) is 1. The first-order valence-electron chi connectivity index (χ1n) is 8.53. The van der Waals surface area contributed by atoms with Crippen LogP contribution in [0.4, 0.5) is 14.5 Å². The zero-order valence-electron chi connectivity index (χ0n) is 14.9. The molecule has 146 valence electrons. The molecule has 2 aliphatic rings. The molecule has 2 fully saturated rings. The first-order chi connectivity index (χ1) is 13.0. The van der Waals surface area contributed by atoms with E-state index in [0.29, 0.717) is 22.7 Å². The van der Waals surface area contributed by atoms with Crippen LogP contribution in [0.2, 0.25) is 10.0 Å². The first kappa shape index (κ1) is 19.2. The van der Waals surface area contributed by atoms with Crippen molar-refractivity contribution in [2.24, 2.45) is 11.3 Å². The molecule has 0 unspecified atom stereocenters. The maximum Gasteiger partial charge on any atom is 0.394 e. The van der Waals surface area contributed by atoms with Crippen LogP contribution in [0.1, 0.15) is 25.3 Å². The molecule has 3 atom stereocenters. The minimum absolute atomic E-state index is 0.0139. The van der Waals surface area contributed by atoms with E-state index >= 15 is 0 Å². The van der Waals surface area contributed by atoms with Crippen LogP contribution in [-0.4, -0.2) is 17.9 Å². The second-order valence-corrected chi connectivity index (χ2v) is 8.20. The molecule has 4 nitrogen and oxygen atoms in total. The van der Waals surface area contributed by atoms with Crippen LogP contribution in [0.3, 0.4) is 0 Å². The first-order valence-corrected chi connectivity index (χ1v) is 9.29. The lowest BCUT2D eigenvalue weighted by Gasteiger charge is -2.21. The predicted molar refractivity (Wildman–Crippen MR) is 101 cm³/mol. The van der Waals surface area contributed by atoms with Gasteiger partial charge in [0.05, 0.1) is 17.0 Å². The van der Waals surface area contributed by atoms with Gasteiger partial charge in [0.25, 0.3) is 0 Å². The average molecular weight is 426 g/mol. The number of amides is 2. The fourth-order valence-electron chi connectivity index (χ4n) is 4.06. The van der Waals surface area contributed by atoms with E-state index < -0.39 is 17.4 Å². The van der Waals surface area contributed by atoms with Crippen LogP contribution in [0.15, 0.2) is 42.5 Å². The Morgan fingerprint density at radius 2 is 1.61 bits per heavy atom. The second kappa shape index (κ2) is 6.16. The summed E-state index contributed by atoms with van der Waals surface area (Å²) in [7, 11) is 0. The molecule has 0 bridgehead atoms. The zero-order chi connectivity index (χ0) is 20.4. The fourth-order valence-corrected chi connectivity index (χ4v) is 4.57. The number of hydrogen-bond acceptors (Lipinski definition) is 3. The summed E-state index contributed by atoms with van der Waals surface area (Å²) < 4.78 is 30.4. The van der Waals surface area contributed by atoms with Gasteiger partial charge >= 0.3 is 6.11 Å². The molecule has 0 N–H and O–H groups in total. The third-order valence-corrected chi connectivity index (χ3v) is 5.74. The normalized spacial score (nSPS) is 26.4. The number of nitrogens with zero attached hydrogens (tertiary/aromatic N) is 1. The lowest BCUT2D eigenvalue weighted by molar-refractivity contribution is -0.159. The number of piperidine rings is 1. The molecule has 0 aromatic heterocycles. The second-order valence-electron chi connectivity index (χ2n) is 7.32. The lowest BCUT2D eigenvalue weighted by atomic mass is 9.99. The molecule has 1 heterocycles. The monoisotopic (exact) mass is 425 g/mol. The summed E-state index contributed by atoms with van der Waals surface area (Å²) in [6.45, 7) is 2.39. The van der Waals surface area contributed by atoms with Gasteiger partial charge in [-0.3, -0.25) is 9.59 Å². The molecule has 0 spiro atoms. The molecule has 2 amide bonds. The Morgan fingerprint density at radius 1 is 1.04 bits per heavy atom. The highest BCUT2D eigenvalue weighted by Gasteiger charge is 2.77. The fraction of sp³-hybridized carbons (Fsp3) is 0.300. The third-order valence-electron chi connectivity index (χ3n) is 5.31. The molecule has 2 aromatic carbocycles. The molecule has 1 aliphatic carbocycles. The molecule has 0 radical (unpaired) electrons. The highest BCUT2D eigenvalue weighted by Crippen LogP contribution is 2.70. The number of alkyl halides is 2. The van der Waals surface area contributed by atoms with Gasteiger partial charge in [0.1, 0.15) is 5.75 Å². The van der Waals surface area contributed by atoms with Gasteiger partial charge in [-0.1, -0.05) is 35.3 Å². The van der Waals surface area contributed by atoms with E-state index in [9.17, 15) is 18.4 Å². The number of carbonyl (C=O) groups is 2. The topological polar surface area (TPSA) is 46.6 Å². The van der Waals surface area contributed by atoms with Gasteiger partial charge in [0.15, 0.2) is 0 Å². The maximum atomic E-state index is 13.0. The number of hydrogen-bond donors (Lipinski definition) is 0. The summed E-state index contributed by atoms with van der Waals surface area (Å²) in [5, 5.41) is 0.655. The Morgan fingerprint density at radius 3 is 2.07 bits per heavy atom. The SMILES string of the molecule is CC(F)(F)Oc1ccc([C@@H]2[C@@H]3C(=O)N(c4cc(Cl)cc(Cl)c4)C(=O)[C@]23C)cc1. The zero-order valence-corrected chi connectivity index (χ0v) is 16.4. The molecule has 8 heteroatoms. The van der Waals surface area contributed by atoms with Crippen molar-refractivity contribution < 1.29 is 23.1 Å². The van der Waals surface area contributed by atoms with Crippen molar-refractivity contribution in [2.45, 2.75) is 25.9 Å². The Labute approximate surface area is 170 Å². The Kier molecular flexibility index (Phi) is 4.21. The van der Waals surface area contributed by atoms with E-state index in [2.05, 4.69) is 4.74 Å². The highest BCUT2D eigenvalue weighted by atomic mass is 35.5. The molecule has 1 saturated heterocycles. The van der Waals surface area contributed by atoms with Crippen LogP contribution < -0.4 is 9.64 Å². The Bertz CT molecular complexity index is 970. The molecule has 1 aliphatic heterocycles. The van der Waals surface area contributed by atoms with E-state index in [1.54, 1.807) is 19.1 Å². The van der Waals surface area contributed by atoms with Crippen molar-refractivity contribution >= 4 is 40.7 Å². The summed E-state index contributed by atoms with van der Waals surface area (Å²) in [5.74, 6) is -1.46. The van der Waals surface area contributed by atoms with Gasteiger partial charge in [-0.15, -0.1) is 0 Å². The number of carbonyl (C=O) groups excluding carboxylic acids is 2. The van der Waals surface area contributed by atoms with E-state index in [1.807, 2.05) is 0 Å². The predicted octanol–water partition coefficient (Wildman–Crippen LogP) is 5.28. The summed E-state index contributed by atoms with van der Waals surface area (Å²) in [6, 6.07) is 10.6. The van der Waals surface area contributed by atoms with Crippen molar-refractivity contribution in [3.63, 3.8) is 0 Å². The smallest absolute Gasteiger partial charge is 0.394 e. The van der Waals surface area contributed by atoms with Crippen LogP contribution in [0.5, 0.6) is 5.75 Å². The van der Waals surface area contributed by atoms with E-state index in [4.69, 9.17) is 23.2 Å². The number of benzene rings is 2. The van der Waals surface area contributed by atoms with Gasteiger partial charge in [-0.25, -0.2) is 4.90 Å². The van der Waals surface area contributed by atoms with Crippen LogP contribution >= 0.6 is 23.2 Å². The molecule has 2 aromatic rings. The van der Waals surface area contributed by atoms with Crippen LogP contribution in [0.25, 0.3) is 0 Å². The Hall–Kier alpha value is -2.18. The highest BCUT2D eigenvalue weighted by molar-refractivity contribution is 6.36. The summed E-state index contributed by atoms with van der Waals surface area (Å²) in [5.41, 5.74) is 0.182. The van der Waals surface area contributed by atoms with E-state index in [1.165, 1.54) is 30.3 Å². The third kappa shape index (κ3) is 2.95. The van der Waals surface area contributed by atoms with Crippen molar-refractivity contribution in [2.75, 3.05) is 4.90 Å².